The van der Waals surface area contributed by atoms with Crippen molar-refractivity contribution in [1.29, 1.82) is 0 Å². The molecule has 16 heteroatoms. The number of carbonyl (C=O) groups excluding carboxylic acids is 2. The smallest absolute Gasteiger partial charge is 0.333 e. The molecule has 1 saturated carbocycles. The molecule has 4 aromatic rings. The van der Waals surface area contributed by atoms with E-state index in [4.69, 9.17) is 15.2 Å². The molecule has 46 heavy (non-hydrogen) atoms. The Morgan fingerprint density at radius 2 is 1.91 bits per heavy atom. The number of nitrogens with two attached hydrogens (primary N) is 1. The summed E-state index contributed by atoms with van der Waals surface area (Å²) in [5.41, 5.74) is -2.55. The maximum Gasteiger partial charge on any atom is 0.333 e. The van der Waals surface area contributed by atoms with Gasteiger partial charge in [-0.3, -0.25) is 9.59 Å². The van der Waals surface area contributed by atoms with Gasteiger partial charge in [0.2, 0.25) is 5.91 Å². The number of ether oxygens (including phenoxy) is 2. The molecule has 0 saturated heterocycles. The zero-order valence-corrected chi connectivity index (χ0v) is 24.1. The Kier molecular flexibility index (Phi) is 7.18. The van der Waals surface area contributed by atoms with E-state index < -0.39 is 76.0 Å². The van der Waals surface area contributed by atoms with Gasteiger partial charge in [-0.15, -0.1) is 0 Å². The minimum atomic E-state index is -2.96. The lowest BCUT2D eigenvalue weighted by molar-refractivity contribution is -0.123. The highest BCUT2D eigenvalue weighted by atomic mass is 19.3. The van der Waals surface area contributed by atoms with Crippen LogP contribution in [0, 0.1) is 17.5 Å². The van der Waals surface area contributed by atoms with Crippen LogP contribution < -0.4 is 20.5 Å². The summed E-state index contributed by atoms with van der Waals surface area (Å²) < 4.78 is 96.9. The summed E-state index contributed by atoms with van der Waals surface area (Å²) in [6.45, 7) is -2.75. The highest BCUT2D eigenvalue weighted by Crippen LogP contribution is 2.55. The number of hydrogen-bond acceptors (Lipinski definition) is 7. The fourth-order valence-electron chi connectivity index (χ4n) is 5.51. The van der Waals surface area contributed by atoms with Gasteiger partial charge in [0, 0.05) is 28.3 Å². The number of nitrogens with one attached hydrogen (secondary N) is 1. The molecule has 1 aliphatic carbocycles. The monoisotopic (exact) mass is 649 g/mol. The maximum atomic E-state index is 16.1. The molecular formula is C30H25F6N5O5. The summed E-state index contributed by atoms with van der Waals surface area (Å²) >= 11 is 0. The van der Waals surface area contributed by atoms with Crippen molar-refractivity contribution in [2.45, 2.75) is 43.0 Å². The third-order valence-corrected chi connectivity index (χ3v) is 8.54. The van der Waals surface area contributed by atoms with Crippen LogP contribution >= 0.6 is 0 Å². The first-order valence-electron chi connectivity index (χ1n) is 13.8. The third-order valence-electron chi connectivity index (χ3n) is 8.54. The number of aliphatic hydroxyl groups is 1. The topological polar surface area (TPSA) is 142 Å². The largest absolute Gasteiger partial charge is 0.494 e. The number of hydrogen-bond donors (Lipinski definition) is 3. The molecule has 2 aromatic carbocycles. The van der Waals surface area contributed by atoms with Gasteiger partial charge in [-0.1, -0.05) is 0 Å². The van der Waals surface area contributed by atoms with Crippen LogP contribution in [0.3, 0.4) is 0 Å². The van der Waals surface area contributed by atoms with Crippen LogP contribution in [0.5, 0.6) is 11.5 Å². The number of carbonyl (C=O) groups is 2. The van der Waals surface area contributed by atoms with E-state index in [1.165, 1.54) is 26.2 Å². The van der Waals surface area contributed by atoms with Crippen LogP contribution in [-0.2, 0) is 15.8 Å². The first kappa shape index (κ1) is 31.1. The number of benzene rings is 2. The lowest BCUT2D eigenvalue weighted by atomic mass is 9.80. The Morgan fingerprint density at radius 3 is 2.54 bits per heavy atom. The molecule has 2 aromatic heterocycles. The number of fused-ring (bicyclic) bond motifs is 2. The van der Waals surface area contributed by atoms with E-state index in [1.807, 2.05) is 0 Å². The number of nitrogens with zero attached hydrogens (tertiary/aromatic N) is 3. The second kappa shape index (κ2) is 10.6. The van der Waals surface area contributed by atoms with Crippen molar-refractivity contribution in [3.05, 3.63) is 70.8 Å². The van der Waals surface area contributed by atoms with Crippen molar-refractivity contribution in [2.24, 2.45) is 5.73 Å². The number of primary amides is 1. The van der Waals surface area contributed by atoms with E-state index in [0.29, 0.717) is 10.7 Å². The number of rotatable bonds is 9. The summed E-state index contributed by atoms with van der Waals surface area (Å²) in [6, 6.07) is 5.11. The van der Waals surface area contributed by atoms with Gasteiger partial charge < -0.3 is 25.6 Å². The van der Waals surface area contributed by atoms with Crippen LogP contribution in [-0.4, -0.2) is 57.6 Å². The molecular weight excluding hydrogens is 624 g/mol. The summed E-state index contributed by atoms with van der Waals surface area (Å²) in [5, 5.41) is 18.2. The van der Waals surface area contributed by atoms with Crippen LogP contribution in [0.25, 0.3) is 22.2 Å². The molecule has 0 unspecified atom stereocenters. The minimum absolute atomic E-state index is 0.00862. The van der Waals surface area contributed by atoms with Crippen molar-refractivity contribution < 1.29 is 50.5 Å². The number of pyridine rings is 1. The van der Waals surface area contributed by atoms with Gasteiger partial charge in [-0.2, -0.15) is 13.9 Å². The standard InChI is InChI=1S/C30H25F6N5O5/c1-28(26(37)43)12-46-24-16(28)9-19(39-23(24)15-3-4-17(31)21(33)20(15)32)30(44,29(36)5-6-29)11-38-25(42)13-7-14-10-41(27(34)35)40-22(14)18(8-13)45-2/h3-4,7-10,27,44H,5-6,11-12H2,1-2H3,(H2,37,43)(H,38,42)/t28-,30-/m0/s1. The van der Waals surface area contributed by atoms with E-state index in [2.05, 4.69) is 15.4 Å². The van der Waals surface area contributed by atoms with Gasteiger partial charge in [0.1, 0.15) is 40.4 Å². The lowest BCUT2D eigenvalue weighted by Crippen LogP contribution is -2.49. The zero-order chi connectivity index (χ0) is 33.3. The van der Waals surface area contributed by atoms with E-state index in [0.717, 1.165) is 18.3 Å². The Bertz CT molecular complexity index is 1930. The highest BCUT2D eigenvalue weighted by molar-refractivity contribution is 6.00. The van der Waals surface area contributed by atoms with E-state index in [9.17, 15) is 32.3 Å². The van der Waals surface area contributed by atoms with E-state index in [-0.39, 0.29) is 53.0 Å². The molecule has 10 nitrogen and oxygen atoms in total. The fourth-order valence-corrected chi connectivity index (χ4v) is 5.51. The molecule has 1 aliphatic heterocycles. The first-order chi connectivity index (χ1) is 21.6. The summed E-state index contributed by atoms with van der Waals surface area (Å²) in [5.74, 6) is -6.95. The number of methoxy groups -OCH3 is 1. The van der Waals surface area contributed by atoms with E-state index in [1.54, 1.807) is 0 Å². The molecule has 2 amide bonds. The van der Waals surface area contributed by atoms with Crippen LogP contribution in [0.1, 0.15) is 47.9 Å². The first-order valence-corrected chi connectivity index (χ1v) is 13.8. The number of alkyl halides is 3. The van der Waals surface area contributed by atoms with Gasteiger partial charge >= 0.3 is 6.55 Å². The molecule has 3 heterocycles. The maximum absolute atomic E-state index is 16.1. The van der Waals surface area contributed by atoms with Gasteiger partial charge in [-0.05, 0) is 50.1 Å². The molecule has 0 bridgehead atoms. The summed E-state index contributed by atoms with van der Waals surface area (Å²) in [4.78, 5) is 30.1. The van der Waals surface area contributed by atoms with Crippen molar-refractivity contribution in [1.82, 2.24) is 20.1 Å². The van der Waals surface area contributed by atoms with E-state index >= 15 is 8.78 Å². The van der Waals surface area contributed by atoms with Crippen LogP contribution in [0.4, 0.5) is 26.3 Å². The Labute approximate surface area is 256 Å². The van der Waals surface area contributed by atoms with Gasteiger partial charge in [0.15, 0.2) is 23.1 Å². The average Bonchev–Trinajstić information content (AvgIpc) is 3.48. The lowest BCUT2D eigenvalue weighted by Gasteiger charge is -2.33. The number of amides is 2. The van der Waals surface area contributed by atoms with Crippen molar-refractivity contribution in [2.75, 3.05) is 20.3 Å². The zero-order valence-electron chi connectivity index (χ0n) is 24.1. The molecule has 242 valence electrons. The van der Waals surface area contributed by atoms with Gasteiger partial charge in [0.25, 0.3) is 5.91 Å². The SMILES string of the molecule is COc1cc(C(=O)NC[C@](O)(c2cc3c(c(-c4ccc(F)c(F)c4F)n2)OC[C@]3(C)C(N)=O)C2(F)CC2)cc2cn(C(F)F)nc12. The molecule has 0 radical (unpaired) electrons. The molecule has 4 N–H and O–H groups in total. The number of halogens is 6. The molecule has 6 rings (SSSR count). The van der Waals surface area contributed by atoms with Crippen molar-refractivity contribution in [3.63, 3.8) is 0 Å². The van der Waals surface area contributed by atoms with Gasteiger partial charge in [0.05, 0.1) is 19.3 Å². The second-order valence-corrected chi connectivity index (χ2v) is 11.5. The van der Waals surface area contributed by atoms with Crippen LogP contribution in [0.2, 0.25) is 0 Å². The van der Waals surface area contributed by atoms with Gasteiger partial charge in [-0.25, -0.2) is 27.2 Å². The Balaban J connectivity index is 1.44. The van der Waals surface area contributed by atoms with Crippen molar-refractivity contribution in [3.8, 4) is 22.8 Å². The second-order valence-electron chi connectivity index (χ2n) is 11.5. The third kappa shape index (κ3) is 4.69. The Morgan fingerprint density at radius 1 is 1.20 bits per heavy atom. The fraction of sp³-hybridized carbons (Fsp3) is 0.333. The quantitative estimate of drug-likeness (QED) is 0.183. The molecule has 1 fully saturated rings. The predicted octanol–water partition coefficient (Wildman–Crippen LogP) is 4.17. The molecule has 0 spiro atoms. The van der Waals surface area contributed by atoms with Crippen LogP contribution in [0.15, 0.2) is 36.5 Å². The average molecular weight is 650 g/mol. The Hall–Kier alpha value is -4.86. The highest BCUT2D eigenvalue weighted by Gasteiger charge is 2.62. The van der Waals surface area contributed by atoms with Crippen molar-refractivity contribution >= 4 is 22.7 Å². The molecule has 2 atom stereocenters. The summed E-state index contributed by atoms with van der Waals surface area (Å²) in [7, 11) is 1.24. The molecule has 2 aliphatic rings. The number of aromatic nitrogens is 3. The normalized spacial score (nSPS) is 19.4. The summed E-state index contributed by atoms with van der Waals surface area (Å²) in [6.07, 6.45) is 0.647. The minimum Gasteiger partial charge on any atom is -0.494 e. The predicted molar refractivity (Wildman–Crippen MR) is 148 cm³/mol.